The van der Waals surface area contributed by atoms with Gasteiger partial charge >= 0.3 is 11.7 Å². The number of benzene rings is 3. The first kappa shape index (κ1) is 30.8. The molecule has 0 bridgehead atoms. The number of nitro benzene ring substituents is 2. The molecule has 1 aliphatic heterocycles. The van der Waals surface area contributed by atoms with Crippen molar-refractivity contribution in [3.05, 3.63) is 129 Å². The van der Waals surface area contributed by atoms with E-state index in [1.54, 1.807) is 68.5 Å². The fourth-order valence-corrected chi connectivity index (χ4v) is 5.83. The van der Waals surface area contributed by atoms with Gasteiger partial charge in [0.2, 0.25) is 5.75 Å². The molecule has 0 radical (unpaired) electrons. The van der Waals surface area contributed by atoms with Gasteiger partial charge in [-0.1, -0.05) is 35.6 Å². The molecule has 0 spiro atoms. The Morgan fingerprint density at radius 1 is 0.978 bits per heavy atom. The van der Waals surface area contributed by atoms with Crippen LogP contribution in [0.2, 0.25) is 0 Å². The molecule has 13 nitrogen and oxygen atoms in total. The van der Waals surface area contributed by atoms with Gasteiger partial charge in [0, 0.05) is 6.07 Å². The Balaban J connectivity index is 1.51. The van der Waals surface area contributed by atoms with E-state index in [0.29, 0.717) is 38.5 Å². The maximum absolute atomic E-state index is 13.8. The summed E-state index contributed by atoms with van der Waals surface area (Å²) < 4.78 is 18.4. The zero-order valence-electron chi connectivity index (χ0n) is 24.3. The Labute approximate surface area is 259 Å². The predicted octanol–water partition coefficient (Wildman–Crippen LogP) is 4.81. The lowest BCUT2D eigenvalue weighted by molar-refractivity contribution is -0.394. The summed E-state index contributed by atoms with van der Waals surface area (Å²) in [7, 11) is 0. The van der Waals surface area contributed by atoms with Gasteiger partial charge in [0.05, 0.1) is 51.0 Å². The van der Waals surface area contributed by atoms with Gasteiger partial charge in [-0.3, -0.25) is 29.6 Å². The van der Waals surface area contributed by atoms with Crippen LogP contribution in [0, 0.1) is 20.2 Å². The number of allylic oxidation sites excluding steroid dienone is 1. The minimum atomic E-state index is -0.772. The molecule has 0 saturated heterocycles. The number of nitrogens with zero attached hydrogens (tertiary/aromatic N) is 4. The van der Waals surface area contributed by atoms with Crippen LogP contribution >= 0.6 is 11.3 Å². The molecular formula is C31H26N4O9S. The number of ether oxygens (including phenoxy) is 3. The van der Waals surface area contributed by atoms with Crippen molar-refractivity contribution in [2.45, 2.75) is 26.8 Å². The molecule has 230 valence electrons. The molecule has 0 aliphatic carbocycles. The number of nitro groups is 2. The second-order valence-electron chi connectivity index (χ2n) is 9.64. The van der Waals surface area contributed by atoms with Gasteiger partial charge in [0.15, 0.2) is 4.80 Å². The Morgan fingerprint density at radius 3 is 2.29 bits per heavy atom. The molecule has 0 saturated carbocycles. The summed E-state index contributed by atoms with van der Waals surface area (Å²) in [6, 6.07) is 15.9. The van der Waals surface area contributed by atoms with Crippen molar-refractivity contribution < 1.29 is 28.9 Å². The second-order valence-corrected chi connectivity index (χ2v) is 10.7. The van der Waals surface area contributed by atoms with Crippen LogP contribution in [0.1, 0.15) is 37.9 Å². The van der Waals surface area contributed by atoms with E-state index in [0.717, 1.165) is 18.2 Å². The van der Waals surface area contributed by atoms with Gasteiger partial charge in [-0.05, 0) is 68.3 Å². The van der Waals surface area contributed by atoms with Gasteiger partial charge in [0.25, 0.3) is 11.2 Å². The molecular weight excluding hydrogens is 604 g/mol. The van der Waals surface area contributed by atoms with E-state index in [1.165, 1.54) is 15.9 Å². The fourth-order valence-electron chi connectivity index (χ4n) is 4.78. The first-order chi connectivity index (χ1) is 21.6. The standard InChI is InChI=1S/C31H26N4O9S/c1-4-42-22-13-8-20(9-14-22)28-27(30(37)43-5-2)18(3)32-31-33(28)29(36)26(45-31)16-19-6-11-23(12-7-19)44-25-15-10-21(34(38)39)17-24(25)35(40)41/h6-17,28H,4-5H2,1-3H3/b26-16-/t28-/m1/s1. The van der Waals surface area contributed by atoms with Crippen molar-refractivity contribution in [3.8, 4) is 17.2 Å². The zero-order chi connectivity index (χ0) is 32.2. The Hall–Kier alpha value is -5.63. The fraction of sp³-hybridized carbons (Fsp3) is 0.194. The SMILES string of the molecule is CCOC(=O)C1=C(C)N=c2s/c(=C\c3ccc(Oc4ccc([N+](=O)[O-])cc4[N+](=O)[O-])cc3)c(=O)n2[C@@H]1c1ccc(OCC)cc1. The molecule has 2 heterocycles. The van der Waals surface area contributed by atoms with Gasteiger partial charge in [-0.25, -0.2) is 9.79 Å². The van der Waals surface area contributed by atoms with Crippen molar-refractivity contribution in [2.24, 2.45) is 4.99 Å². The van der Waals surface area contributed by atoms with Crippen molar-refractivity contribution >= 4 is 34.8 Å². The largest absolute Gasteiger partial charge is 0.494 e. The second kappa shape index (κ2) is 12.9. The monoisotopic (exact) mass is 630 g/mol. The number of aromatic nitrogens is 1. The average molecular weight is 631 g/mol. The Bertz CT molecular complexity index is 2010. The third-order valence-electron chi connectivity index (χ3n) is 6.78. The maximum atomic E-state index is 13.8. The topological polar surface area (TPSA) is 165 Å². The number of carbonyl (C=O) groups is 1. The van der Waals surface area contributed by atoms with Crippen molar-refractivity contribution in [3.63, 3.8) is 0 Å². The van der Waals surface area contributed by atoms with Crippen molar-refractivity contribution in [1.29, 1.82) is 0 Å². The van der Waals surface area contributed by atoms with Crippen LogP contribution in [0.5, 0.6) is 17.2 Å². The number of non-ortho nitro benzene ring substituents is 1. The lowest BCUT2D eigenvalue weighted by Crippen LogP contribution is -2.39. The average Bonchev–Trinajstić information content (AvgIpc) is 3.31. The molecule has 45 heavy (non-hydrogen) atoms. The summed E-state index contributed by atoms with van der Waals surface area (Å²) in [4.78, 5) is 52.9. The van der Waals surface area contributed by atoms with E-state index in [-0.39, 0.29) is 29.2 Å². The minimum Gasteiger partial charge on any atom is -0.494 e. The highest BCUT2D eigenvalue weighted by Gasteiger charge is 2.33. The lowest BCUT2D eigenvalue weighted by Gasteiger charge is -2.24. The van der Waals surface area contributed by atoms with Crippen LogP contribution < -0.4 is 24.4 Å². The summed E-state index contributed by atoms with van der Waals surface area (Å²) in [6.45, 7) is 5.94. The molecule has 0 fully saturated rings. The van der Waals surface area contributed by atoms with E-state index in [9.17, 15) is 29.8 Å². The van der Waals surface area contributed by atoms with Crippen LogP contribution in [0.4, 0.5) is 11.4 Å². The van der Waals surface area contributed by atoms with Gasteiger partial charge in [0.1, 0.15) is 11.5 Å². The summed E-state index contributed by atoms with van der Waals surface area (Å²) in [5.41, 5.74) is 0.696. The summed E-state index contributed by atoms with van der Waals surface area (Å²) in [6.07, 6.45) is 1.67. The normalized spacial score (nSPS) is 14.4. The maximum Gasteiger partial charge on any atom is 0.338 e. The summed E-state index contributed by atoms with van der Waals surface area (Å²) in [5.74, 6) is 0.183. The first-order valence-electron chi connectivity index (χ1n) is 13.7. The molecule has 0 N–H and O–H groups in total. The lowest BCUT2D eigenvalue weighted by atomic mass is 9.96. The van der Waals surface area contributed by atoms with Crippen LogP contribution in [-0.2, 0) is 9.53 Å². The minimum absolute atomic E-state index is 0.159. The summed E-state index contributed by atoms with van der Waals surface area (Å²) >= 11 is 1.17. The van der Waals surface area contributed by atoms with Gasteiger partial charge < -0.3 is 14.2 Å². The van der Waals surface area contributed by atoms with Crippen molar-refractivity contribution in [2.75, 3.05) is 13.2 Å². The molecule has 14 heteroatoms. The van der Waals surface area contributed by atoms with Gasteiger partial charge in [-0.15, -0.1) is 0 Å². The number of fused-ring (bicyclic) bond motifs is 1. The molecule has 0 amide bonds. The van der Waals surface area contributed by atoms with Crippen LogP contribution in [0.3, 0.4) is 0 Å². The number of hydrogen-bond acceptors (Lipinski definition) is 11. The first-order valence-corrected chi connectivity index (χ1v) is 14.6. The van der Waals surface area contributed by atoms with Crippen LogP contribution in [-0.4, -0.2) is 33.6 Å². The van der Waals surface area contributed by atoms with E-state index >= 15 is 0 Å². The van der Waals surface area contributed by atoms with E-state index < -0.39 is 33.2 Å². The number of hydrogen-bond donors (Lipinski definition) is 0. The quantitative estimate of drug-likeness (QED) is 0.136. The molecule has 1 aromatic heterocycles. The predicted molar refractivity (Wildman–Crippen MR) is 164 cm³/mol. The number of esters is 1. The molecule has 3 aromatic carbocycles. The third kappa shape index (κ3) is 6.35. The van der Waals surface area contributed by atoms with E-state index in [1.807, 2.05) is 6.92 Å². The molecule has 1 atom stereocenters. The van der Waals surface area contributed by atoms with Crippen molar-refractivity contribution in [1.82, 2.24) is 4.57 Å². The Morgan fingerprint density at radius 2 is 1.67 bits per heavy atom. The third-order valence-corrected chi connectivity index (χ3v) is 7.76. The van der Waals surface area contributed by atoms with E-state index in [2.05, 4.69) is 4.99 Å². The highest BCUT2D eigenvalue weighted by atomic mass is 32.1. The number of carbonyl (C=O) groups excluding carboxylic acids is 1. The van der Waals surface area contributed by atoms with E-state index in [4.69, 9.17) is 14.2 Å². The molecule has 5 rings (SSSR count). The molecule has 1 aliphatic rings. The number of rotatable bonds is 10. The Kier molecular flexibility index (Phi) is 8.86. The number of thiazole rings is 1. The van der Waals surface area contributed by atoms with Crippen LogP contribution in [0.15, 0.2) is 87.8 Å². The summed E-state index contributed by atoms with van der Waals surface area (Å²) in [5, 5.41) is 22.5. The smallest absolute Gasteiger partial charge is 0.338 e. The molecule has 4 aromatic rings. The highest BCUT2D eigenvalue weighted by Crippen LogP contribution is 2.35. The highest BCUT2D eigenvalue weighted by molar-refractivity contribution is 7.07. The van der Waals surface area contributed by atoms with Gasteiger partial charge in [-0.2, -0.15) is 0 Å². The zero-order valence-corrected chi connectivity index (χ0v) is 25.1. The molecule has 0 unspecified atom stereocenters. The van der Waals surface area contributed by atoms with Crippen LogP contribution in [0.25, 0.3) is 6.08 Å².